The number of aliphatic hydroxyl groups excluding tert-OH is 1. The van der Waals surface area contributed by atoms with Crippen LogP contribution in [0.1, 0.15) is 27.2 Å². The molecule has 1 heterocycles. The maximum atomic E-state index is 8.52. The van der Waals surface area contributed by atoms with Crippen LogP contribution in [0.5, 0.6) is 0 Å². The van der Waals surface area contributed by atoms with Crippen LogP contribution in [0.15, 0.2) is 18.7 Å². The average molecular weight is 271 g/mol. The van der Waals surface area contributed by atoms with Crippen molar-refractivity contribution in [2.75, 3.05) is 33.0 Å². The zero-order chi connectivity index (χ0) is 14.1. The zero-order valence-corrected chi connectivity index (χ0v) is 12.3. The molecule has 1 N–H and O–H groups in total. The van der Waals surface area contributed by atoms with E-state index in [2.05, 4.69) is 48.6 Å². The van der Waals surface area contributed by atoms with Gasteiger partial charge in [-0.1, -0.05) is 0 Å². The molecule has 1 aromatic rings. The van der Waals surface area contributed by atoms with E-state index in [0.29, 0.717) is 19.8 Å². The minimum atomic E-state index is 0.0708. The molecule has 0 aliphatic rings. The molecule has 1 aromatic heterocycles. The standard InChI is InChI=1S/C14H27N2O3/c1-14(2,3)16-7-6-15(13-16)5-4-9-18-11-12-19-10-8-17/h6-7,13,17H,4-5,8-12H2,1-3H3/q+1. The molecule has 0 unspecified atom stereocenters. The molecule has 110 valence electrons. The summed E-state index contributed by atoms with van der Waals surface area (Å²) in [5, 5.41) is 8.52. The first kappa shape index (κ1) is 16.1. The van der Waals surface area contributed by atoms with Crippen molar-refractivity contribution in [2.45, 2.75) is 39.3 Å². The van der Waals surface area contributed by atoms with Gasteiger partial charge in [-0.05, 0) is 20.8 Å². The Morgan fingerprint density at radius 1 is 1.11 bits per heavy atom. The van der Waals surface area contributed by atoms with E-state index in [1.54, 1.807) is 0 Å². The third kappa shape index (κ3) is 6.71. The molecule has 0 bridgehead atoms. The molecule has 0 aliphatic heterocycles. The monoisotopic (exact) mass is 271 g/mol. The molecule has 0 saturated carbocycles. The normalized spacial score (nSPS) is 12.0. The number of rotatable bonds is 9. The van der Waals surface area contributed by atoms with Crippen molar-refractivity contribution in [3.63, 3.8) is 0 Å². The summed E-state index contributed by atoms with van der Waals surface area (Å²) in [6.07, 6.45) is 7.31. The number of aliphatic hydroxyl groups is 1. The third-order valence-corrected chi connectivity index (χ3v) is 2.78. The van der Waals surface area contributed by atoms with E-state index in [1.165, 1.54) is 0 Å². The number of imidazole rings is 1. The predicted octanol–water partition coefficient (Wildman–Crippen LogP) is 0.946. The van der Waals surface area contributed by atoms with Gasteiger partial charge in [0.15, 0.2) is 0 Å². The lowest BCUT2D eigenvalue weighted by Gasteiger charge is -2.13. The maximum absolute atomic E-state index is 8.52. The van der Waals surface area contributed by atoms with Crippen LogP contribution < -0.4 is 4.57 Å². The number of ether oxygens (including phenoxy) is 2. The van der Waals surface area contributed by atoms with E-state index in [-0.39, 0.29) is 12.1 Å². The van der Waals surface area contributed by atoms with E-state index in [1.807, 2.05) is 0 Å². The molecule has 0 spiro atoms. The summed E-state index contributed by atoms with van der Waals surface area (Å²) in [6.45, 7) is 9.85. The van der Waals surface area contributed by atoms with Crippen LogP contribution in [-0.4, -0.2) is 42.7 Å². The molecule has 0 aliphatic carbocycles. The van der Waals surface area contributed by atoms with Crippen molar-refractivity contribution in [2.24, 2.45) is 0 Å². The van der Waals surface area contributed by atoms with Crippen LogP contribution in [0.25, 0.3) is 0 Å². The molecule has 0 fully saturated rings. The van der Waals surface area contributed by atoms with E-state index < -0.39 is 0 Å². The van der Waals surface area contributed by atoms with E-state index in [0.717, 1.165) is 19.6 Å². The van der Waals surface area contributed by atoms with Gasteiger partial charge in [0.1, 0.15) is 17.9 Å². The Labute approximate surface area is 115 Å². The van der Waals surface area contributed by atoms with Gasteiger partial charge < -0.3 is 14.6 Å². The highest BCUT2D eigenvalue weighted by Gasteiger charge is 2.18. The Kier molecular flexibility index (Phi) is 7.05. The largest absolute Gasteiger partial charge is 0.394 e. The minimum Gasteiger partial charge on any atom is -0.394 e. The van der Waals surface area contributed by atoms with Gasteiger partial charge in [-0.25, -0.2) is 9.13 Å². The van der Waals surface area contributed by atoms with Gasteiger partial charge in [0.2, 0.25) is 6.33 Å². The fourth-order valence-corrected chi connectivity index (χ4v) is 1.66. The summed E-state index contributed by atoms with van der Waals surface area (Å²) in [4.78, 5) is 0. The number of aryl methyl sites for hydroxylation is 1. The molecule has 0 amide bonds. The quantitative estimate of drug-likeness (QED) is 0.537. The molecule has 0 radical (unpaired) electrons. The first-order valence-electron chi connectivity index (χ1n) is 6.88. The van der Waals surface area contributed by atoms with Crippen molar-refractivity contribution in [3.8, 4) is 0 Å². The summed E-state index contributed by atoms with van der Waals surface area (Å²) in [7, 11) is 0. The first-order valence-corrected chi connectivity index (χ1v) is 6.88. The lowest BCUT2D eigenvalue weighted by Crippen LogP contribution is -2.33. The number of nitrogens with zero attached hydrogens (tertiary/aromatic N) is 2. The van der Waals surface area contributed by atoms with Crippen LogP contribution in [-0.2, 0) is 21.6 Å². The van der Waals surface area contributed by atoms with Gasteiger partial charge >= 0.3 is 0 Å². The van der Waals surface area contributed by atoms with E-state index >= 15 is 0 Å². The molecule has 0 aromatic carbocycles. The summed E-state index contributed by atoms with van der Waals surface area (Å²) in [5.41, 5.74) is 0.131. The second-order valence-electron chi connectivity index (χ2n) is 5.53. The van der Waals surface area contributed by atoms with Crippen molar-refractivity contribution in [1.29, 1.82) is 0 Å². The Hall–Kier alpha value is -0.910. The molecule has 0 saturated heterocycles. The Balaban J connectivity index is 2.08. The number of aromatic nitrogens is 2. The van der Waals surface area contributed by atoms with Crippen molar-refractivity contribution in [1.82, 2.24) is 4.57 Å². The SMILES string of the molecule is CC(C)(C)n1cc[n+](CCCOCCOCCO)c1. The van der Waals surface area contributed by atoms with Crippen molar-refractivity contribution >= 4 is 0 Å². The summed E-state index contributed by atoms with van der Waals surface area (Å²) >= 11 is 0. The topological polar surface area (TPSA) is 47.5 Å². The lowest BCUT2D eigenvalue weighted by atomic mass is 10.1. The maximum Gasteiger partial charge on any atom is 0.244 e. The van der Waals surface area contributed by atoms with Crippen LogP contribution in [0, 0.1) is 0 Å². The Bertz CT molecular complexity index is 345. The highest BCUT2D eigenvalue weighted by molar-refractivity contribution is 4.78. The zero-order valence-electron chi connectivity index (χ0n) is 12.3. The van der Waals surface area contributed by atoms with Gasteiger partial charge in [0.25, 0.3) is 0 Å². The molecule has 5 nitrogen and oxygen atoms in total. The molecular weight excluding hydrogens is 244 g/mol. The summed E-state index contributed by atoms with van der Waals surface area (Å²) in [5.74, 6) is 0. The van der Waals surface area contributed by atoms with Gasteiger partial charge in [-0.2, -0.15) is 0 Å². The second-order valence-corrected chi connectivity index (χ2v) is 5.53. The molecule has 19 heavy (non-hydrogen) atoms. The van der Waals surface area contributed by atoms with Crippen LogP contribution >= 0.6 is 0 Å². The highest BCUT2D eigenvalue weighted by atomic mass is 16.5. The van der Waals surface area contributed by atoms with E-state index in [9.17, 15) is 0 Å². The second kappa shape index (κ2) is 8.30. The number of hydrogen-bond donors (Lipinski definition) is 1. The molecular formula is C14H27N2O3+. The molecule has 0 atom stereocenters. The van der Waals surface area contributed by atoms with Crippen molar-refractivity contribution in [3.05, 3.63) is 18.7 Å². The van der Waals surface area contributed by atoms with Crippen LogP contribution in [0.3, 0.4) is 0 Å². The van der Waals surface area contributed by atoms with Gasteiger partial charge in [0, 0.05) is 6.42 Å². The smallest absolute Gasteiger partial charge is 0.244 e. The number of hydrogen-bond acceptors (Lipinski definition) is 3. The summed E-state index contributed by atoms with van der Waals surface area (Å²) < 4.78 is 14.9. The Morgan fingerprint density at radius 2 is 1.79 bits per heavy atom. The molecule has 5 heteroatoms. The van der Waals surface area contributed by atoms with Crippen LogP contribution in [0.2, 0.25) is 0 Å². The minimum absolute atomic E-state index is 0.0708. The highest BCUT2D eigenvalue weighted by Crippen LogP contribution is 2.11. The fourth-order valence-electron chi connectivity index (χ4n) is 1.66. The lowest BCUT2D eigenvalue weighted by molar-refractivity contribution is -0.697. The van der Waals surface area contributed by atoms with Crippen molar-refractivity contribution < 1.29 is 19.1 Å². The third-order valence-electron chi connectivity index (χ3n) is 2.78. The van der Waals surface area contributed by atoms with Gasteiger partial charge in [0.05, 0.1) is 39.6 Å². The predicted molar refractivity (Wildman–Crippen MR) is 73.0 cm³/mol. The fraction of sp³-hybridized carbons (Fsp3) is 0.786. The first-order chi connectivity index (χ1) is 9.04. The van der Waals surface area contributed by atoms with Gasteiger partial charge in [-0.3, -0.25) is 0 Å². The molecule has 1 rings (SSSR count). The van der Waals surface area contributed by atoms with Crippen LogP contribution in [0.4, 0.5) is 0 Å². The van der Waals surface area contributed by atoms with E-state index in [4.69, 9.17) is 14.6 Å². The summed E-state index contributed by atoms with van der Waals surface area (Å²) in [6, 6.07) is 0. The van der Waals surface area contributed by atoms with Gasteiger partial charge in [-0.15, -0.1) is 0 Å². The average Bonchev–Trinajstić information content (AvgIpc) is 2.81. The Morgan fingerprint density at radius 3 is 2.37 bits per heavy atom.